The fraction of sp³-hybridized carbons (Fsp3) is 0.462. The molecule has 1 aliphatic heterocycles. The number of nitrogens with one attached hydrogen (secondary N) is 1. The molecule has 1 aromatic rings. The van der Waals surface area contributed by atoms with Crippen LogP contribution in [-0.4, -0.2) is 24.2 Å². The Bertz CT molecular complexity index is 436. The second-order valence-electron chi connectivity index (χ2n) is 4.32. The lowest BCUT2D eigenvalue weighted by Crippen LogP contribution is -2.23. The van der Waals surface area contributed by atoms with Gasteiger partial charge in [-0.15, -0.1) is 0 Å². The van der Waals surface area contributed by atoms with E-state index in [1.54, 1.807) is 0 Å². The first kappa shape index (κ1) is 13.4. The molecule has 0 radical (unpaired) electrons. The van der Waals surface area contributed by atoms with Crippen molar-refractivity contribution in [3.05, 3.63) is 28.2 Å². The van der Waals surface area contributed by atoms with E-state index in [0.717, 1.165) is 28.6 Å². The molecule has 1 atom stereocenters. The third-order valence-corrected chi connectivity index (χ3v) is 3.47. The van der Waals surface area contributed by atoms with E-state index in [4.69, 9.17) is 9.84 Å². The quantitative estimate of drug-likeness (QED) is 0.897. The number of hydrogen-bond donors (Lipinski definition) is 2. The van der Waals surface area contributed by atoms with E-state index in [-0.39, 0.29) is 12.5 Å². The van der Waals surface area contributed by atoms with Crippen molar-refractivity contribution in [3.63, 3.8) is 0 Å². The third-order valence-electron chi connectivity index (χ3n) is 2.98. The maximum Gasteiger partial charge on any atom is 0.304 e. The molecule has 0 aliphatic carbocycles. The molecule has 2 rings (SSSR count). The van der Waals surface area contributed by atoms with Gasteiger partial charge in [0.05, 0.1) is 13.0 Å². The average Bonchev–Trinajstić information content (AvgIpc) is 2.51. The Balaban J connectivity index is 2.09. The molecule has 1 aromatic carbocycles. The molecule has 1 heterocycles. The molecule has 0 saturated heterocycles. The Morgan fingerprint density at radius 3 is 3.17 bits per heavy atom. The molecule has 2 N–H and O–H groups in total. The highest BCUT2D eigenvalue weighted by Crippen LogP contribution is 2.33. The Hall–Kier alpha value is -1.07. The molecular weight excluding hydrogens is 298 g/mol. The summed E-state index contributed by atoms with van der Waals surface area (Å²) in [6.07, 6.45) is 2.08. The van der Waals surface area contributed by atoms with Crippen molar-refractivity contribution in [2.24, 2.45) is 0 Å². The Labute approximate surface area is 114 Å². The van der Waals surface area contributed by atoms with Crippen LogP contribution in [0.4, 0.5) is 0 Å². The molecule has 1 unspecified atom stereocenters. The fourth-order valence-electron chi connectivity index (χ4n) is 2.11. The van der Waals surface area contributed by atoms with E-state index in [9.17, 15) is 4.79 Å². The number of aliphatic carboxylic acids is 1. The molecule has 5 heteroatoms. The second-order valence-corrected chi connectivity index (χ2v) is 5.24. The molecule has 1 aliphatic rings. The van der Waals surface area contributed by atoms with Crippen molar-refractivity contribution < 1.29 is 14.6 Å². The molecule has 0 saturated carbocycles. The number of fused-ring (bicyclic) bond motifs is 1. The minimum Gasteiger partial charge on any atom is -0.493 e. The number of carboxylic acids is 1. The lowest BCUT2D eigenvalue weighted by Gasteiger charge is -2.18. The molecule has 0 fully saturated rings. The van der Waals surface area contributed by atoms with Crippen molar-refractivity contribution in [2.75, 3.05) is 13.2 Å². The zero-order valence-electron chi connectivity index (χ0n) is 9.99. The van der Waals surface area contributed by atoms with Gasteiger partial charge in [0.15, 0.2) is 0 Å². The SMILES string of the molecule is O=C(O)CCNC1CCCOc2cc(Br)ccc21. The summed E-state index contributed by atoms with van der Waals surface area (Å²) in [5, 5.41) is 12.0. The monoisotopic (exact) mass is 313 g/mol. The van der Waals surface area contributed by atoms with Gasteiger partial charge in [-0.3, -0.25) is 4.79 Å². The highest BCUT2D eigenvalue weighted by Gasteiger charge is 2.19. The van der Waals surface area contributed by atoms with Gasteiger partial charge >= 0.3 is 5.97 Å². The zero-order chi connectivity index (χ0) is 13.0. The minimum atomic E-state index is -0.775. The van der Waals surface area contributed by atoms with Gasteiger partial charge < -0.3 is 15.2 Å². The first-order chi connectivity index (χ1) is 8.66. The lowest BCUT2D eigenvalue weighted by atomic mass is 10.0. The molecule has 4 nitrogen and oxygen atoms in total. The number of carboxylic acid groups (broad SMARTS) is 1. The van der Waals surface area contributed by atoms with E-state index in [1.165, 1.54) is 0 Å². The van der Waals surface area contributed by atoms with Gasteiger partial charge in [0.1, 0.15) is 5.75 Å². The number of benzene rings is 1. The lowest BCUT2D eigenvalue weighted by molar-refractivity contribution is -0.136. The Kier molecular flexibility index (Phi) is 4.60. The van der Waals surface area contributed by atoms with E-state index in [2.05, 4.69) is 21.2 Å². The summed E-state index contributed by atoms with van der Waals surface area (Å²) in [5.74, 6) is 0.109. The van der Waals surface area contributed by atoms with Gasteiger partial charge in [-0.05, 0) is 25.0 Å². The summed E-state index contributed by atoms with van der Waals surface area (Å²) in [4.78, 5) is 10.5. The number of carbonyl (C=O) groups is 1. The summed E-state index contributed by atoms with van der Waals surface area (Å²) in [6.45, 7) is 1.19. The maximum atomic E-state index is 10.5. The molecular formula is C13H16BrNO3. The van der Waals surface area contributed by atoms with Gasteiger partial charge in [0.25, 0.3) is 0 Å². The van der Waals surface area contributed by atoms with Gasteiger partial charge in [-0.1, -0.05) is 22.0 Å². The smallest absolute Gasteiger partial charge is 0.304 e. The maximum absolute atomic E-state index is 10.5. The second kappa shape index (κ2) is 6.20. The van der Waals surface area contributed by atoms with Crippen LogP contribution in [0.15, 0.2) is 22.7 Å². The summed E-state index contributed by atoms with van der Waals surface area (Å²) < 4.78 is 6.69. The predicted molar refractivity (Wildman–Crippen MR) is 71.9 cm³/mol. The number of rotatable bonds is 4. The van der Waals surface area contributed by atoms with E-state index >= 15 is 0 Å². The van der Waals surface area contributed by atoms with Gasteiger partial charge in [-0.2, -0.15) is 0 Å². The van der Waals surface area contributed by atoms with Crippen molar-refractivity contribution in [2.45, 2.75) is 25.3 Å². The highest BCUT2D eigenvalue weighted by atomic mass is 79.9. The van der Waals surface area contributed by atoms with Crippen molar-refractivity contribution in [1.82, 2.24) is 5.32 Å². The van der Waals surface area contributed by atoms with Crippen LogP contribution in [0.2, 0.25) is 0 Å². The van der Waals surface area contributed by atoms with Crippen LogP contribution < -0.4 is 10.1 Å². The molecule has 0 aromatic heterocycles. The van der Waals surface area contributed by atoms with Crippen molar-refractivity contribution in [3.8, 4) is 5.75 Å². The molecule has 98 valence electrons. The molecule has 0 spiro atoms. The normalized spacial score (nSPS) is 18.6. The zero-order valence-corrected chi connectivity index (χ0v) is 11.6. The minimum absolute atomic E-state index is 0.142. The highest BCUT2D eigenvalue weighted by molar-refractivity contribution is 9.10. The van der Waals surface area contributed by atoms with Crippen LogP contribution in [0.1, 0.15) is 30.9 Å². The van der Waals surface area contributed by atoms with Crippen LogP contribution in [0.5, 0.6) is 5.75 Å². The van der Waals surface area contributed by atoms with Crippen LogP contribution in [0.25, 0.3) is 0 Å². The van der Waals surface area contributed by atoms with E-state index in [0.29, 0.717) is 13.2 Å². The first-order valence-corrected chi connectivity index (χ1v) is 6.83. The fourth-order valence-corrected chi connectivity index (χ4v) is 2.45. The number of hydrogen-bond acceptors (Lipinski definition) is 3. The van der Waals surface area contributed by atoms with Crippen molar-refractivity contribution >= 4 is 21.9 Å². The average molecular weight is 314 g/mol. The standard InChI is InChI=1S/C13H16BrNO3/c14-9-3-4-10-11(15-6-5-13(16)17)2-1-7-18-12(10)8-9/h3-4,8,11,15H,1-2,5-7H2,(H,16,17). The van der Waals surface area contributed by atoms with Crippen LogP contribution in [0, 0.1) is 0 Å². The molecule has 18 heavy (non-hydrogen) atoms. The van der Waals surface area contributed by atoms with E-state index in [1.807, 2.05) is 18.2 Å². The Morgan fingerprint density at radius 2 is 2.39 bits per heavy atom. The summed E-state index contributed by atoms with van der Waals surface area (Å²) in [5.41, 5.74) is 1.11. The van der Waals surface area contributed by atoms with Crippen LogP contribution in [0.3, 0.4) is 0 Å². The topological polar surface area (TPSA) is 58.6 Å². The van der Waals surface area contributed by atoms with Crippen LogP contribution >= 0.6 is 15.9 Å². The summed E-state index contributed by atoms with van der Waals surface area (Å²) >= 11 is 3.43. The first-order valence-electron chi connectivity index (χ1n) is 6.04. The largest absolute Gasteiger partial charge is 0.493 e. The van der Waals surface area contributed by atoms with Gasteiger partial charge in [0.2, 0.25) is 0 Å². The van der Waals surface area contributed by atoms with E-state index < -0.39 is 5.97 Å². The van der Waals surface area contributed by atoms with Gasteiger partial charge in [-0.25, -0.2) is 0 Å². The summed E-state index contributed by atoms with van der Waals surface area (Å²) in [6, 6.07) is 6.16. The predicted octanol–water partition coefficient (Wildman–Crippen LogP) is 2.73. The molecule has 0 bridgehead atoms. The molecule has 0 amide bonds. The summed E-state index contributed by atoms with van der Waals surface area (Å²) in [7, 11) is 0. The van der Waals surface area contributed by atoms with Gasteiger partial charge in [0, 0.05) is 22.6 Å². The Morgan fingerprint density at radius 1 is 1.56 bits per heavy atom. The number of ether oxygens (including phenoxy) is 1. The number of halogens is 1. The third kappa shape index (κ3) is 3.46. The van der Waals surface area contributed by atoms with Crippen LogP contribution in [-0.2, 0) is 4.79 Å². The van der Waals surface area contributed by atoms with Crippen molar-refractivity contribution in [1.29, 1.82) is 0 Å².